The summed E-state index contributed by atoms with van der Waals surface area (Å²) in [5, 5.41) is 2.28. The Kier molecular flexibility index (Phi) is 3.83. The van der Waals surface area contributed by atoms with E-state index in [1.807, 2.05) is 0 Å². The van der Waals surface area contributed by atoms with E-state index in [9.17, 15) is 17.6 Å². The molecule has 0 unspecified atom stereocenters. The number of carbonyl (C=O) groups is 1. The number of nitrogens with one attached hydrogen (secondary N) is 2. The van der Waals surface area contributed by atoms with Crippen LogP contribution in [-0.4, -0.2) is 21.0 Å². The monoisotopic (exact) mass is 246 g/mol. The smallest absolute Gasteiger partial charge is 0.328 e. The van der Waals surface area contributed by atoms with E-state index in [-0.39, 0.29) is 4.90 Å². The summed E-state index contributed by atoms with van der Waals surface area (Å²) < 4.78 is 37.4. The zero-order valence-corrected chi connectivity index (χ0v) is 9.34. The van der Waals surface area contributed by atoms with Crippen molar-refractivity contribution in [2.45, 2.75) is 11.8 Å². The Bertz CT molecular complexity index is 470. The molecule has 2 N–H and O–H groups in total. The fraction of sp³-hybridized carbons (Fsp3) is 0.222. The van der Waals surface area contributed by atoms with Gasteiger partial charge in [-0.25, -0.2) is 22.3 Å². The normalized spacial score (nSPS) is 10.9. The molecule has 0 atom stereocenters. The lowest BCUT2D eigenvalue weighted by atomic mass is 10.4. The molecule has 7 heteroatoms. The van der Waals surface area contributed by atoms with E-state index in [4.69, 9.17) is 0 Å². The first-order valence-electron chi connectivity index (χ1n) is 4.52. The summed E-state index contributed by atoms with van der Waals surface area (Å²) in [5.41, 5.74) is 0. The maximum Gasteiger partial charge on any atom is 0.328 e. The molecule has 0 bridgehead atoms. The Morgan fingerprint density at radius 1 is 1.31 bits per heavy atom. The Balaban J connectivity index is 2.86. The molecule has 0 radical (unpaired) electrons. The lowest BCUT2D eigenvalue weighted by Crippen LogP contribution is -2.39. The Labute approximate surface area is 92.7 Å². The molecule has 0 aliphatic rings. The summed E-state index contributed by atoms with van der Waals surface area (Å²) in [5.74, 6) is -0.544. The van der Waals surface area contributed by atoms with Crippen LogP contribution in [0.25, 0.3) is 0 Å². The van der Waals surface area contributed by atoms with Gasteiger partial charge in [-0.1, -0.05) is 0 Å². The van der Waals surface area contributed by atoms with Gasteiger partial charge in [-0.2, -0.15) is 0 Å². The molecule has 16 heavy (non-hydrogen) atoms. The van der Waals surface area contributed by atoms with E-state index in [0.717, 1.165) is 24.3 Å². The number of benzene rings is 1. The Hall–Kier alpha value is -1.63. The van der Waals surface area contributed by atoms with Crippen LogP contribution in [0.3, 0.4) is 0 Å². The highest BCUT2D eigenvalue weighted by Crippen LogP contribution is 2.09. The van der Waals surface area contributed by atoms with Gasteiger partial charge in [0.05, 0.1) is 4.90 Å². The summed E-state index contributed by atoms with van der Waals surface area (Å²) in [6.07, 6.45) is 0. The van der Waals surface area contributed by atoms with Crippen LogP contribution in [0.15, 0.2) is 29.2 Å². The lowest BCUT2D eigenvalue weighted by molar-refractivity contribution is 0.246. The highest BCUT2D eigenvalue weighted by Gasteiger charge is 2.16. The van der Waals surface area contributed by atoms with Crippen LogP contribution < -0.4 is 10.0 Å². The van der Waals surface area contributed by atoms with Crippen LogP contribution in [-0.2, 0) is 10.0 Å². The van der Waals surface area contributed by atoms with Gasteiger partial charge in [0.1, 0.15) is 5.82 Å². The van der Waals surface area contributed by atoms with Gasteiger partial charge in [-0.05, 0) is 31.2 Å². The zero-order valence-electron chi connectivity index (χ0n) is 8.53. The predicted octanol–water partition coefficient (Wildman–Crippen LogP) is 0.834. The van der Waals surface area contributed by atoms with Gasteiger partial charge in [0, 0.05) is 6.54 Å². The SMILES string of the molecule is CCNC(=O)NS(=O)(=O)c1ccc(F)cc1. The number of amides is 2. The highest BCUT2D eigenvalue weighted by atomic mass is 32.2. The molecule has 2 amide bonds. The second-order valence-corrected chi connectivity index (χ2v) is 4.60. The second kappa shape index (κ2) is 4.93. The minimum Gasteiger partial charge on any atom is -0.338 e. The molecule has 1 aromatic rings. The van der Waals surface area contributed by atoms with Crippen molar-refractivity contribution < 1.29 is 17.6 Å². The minimum absolute atomic E-state index is 0.167. The maximum absolute atomic E-state index is 12.6. The Morgan fingerprint density at radius 2 is 1.88 bits per heavy atom. The van der Waals surface area contributed by atoms with Crippen molar-refractivity contribution in [2.24, 2.45) is 0 Å². The van der Waals surface area contributed by atoms with Gasteiger partial charge in [-0.3, -0.25) is 0 Å². The quantitative estimate of drug-likeness (QED) is 0.829. The third-order valence-electron chi connectivity index (χ3n) is 1.69. The van der Waals surface area contributed by atoms with Crippen LogP contribution >= 0.6 is 0 Å². The first-order valence-corrected chi connectivity index (χ1v) is 6.00. The van der Waals surface area contributed by atoms with Gasteiger partial charge in [-0.15, -0.1) is 0 Å². The van der Waals surface area contributed by atoms with E-state index in [1.165, 1.54) is 0 Å². The van der Waals surface area contributed by atoms with Crippen molar-refractivity contribution in [3.63, 3.8) is 0 Å². The van der Waals surface area contributed by atoms with E-state index < -0.39 is 21.9 Å². The molecule has 0 spiro atoms. The van der Waals surface area contributed by atoms with Gasteiger partial charge >= 0.3 is 6.03 Å². The number of sulfonamides is 1. The third kappa shape index (κ3) is 3.20. The number of rotatable bonds is 3. The summed E-state index contributed by atoms with van der Waals surface area (Å²) in [6, 6.07) is 3.36. The van der Waals surface area contributed by atoms with Crippen LogP contribution in [0, 0.1) is 5.82 Å². The molecule has 0 aliphatic heterocycles. The van der Waals surface area contributed by atoms with Gasteiger partial charge in [0.15, 0.2) is 0 Å². The van der Waals surface area contributed by atoms with Crippen LogP contribution in [0.4, 0.5) is 9.18 Å². The standard InChI is InChI=1S/C9H11FN2O3S/c1-2-11-9(13)12-16(14,15)8-5-3-7(10)4-6-8/h3-6H,2H2,1H3,(H2,11,12,13). The minimum atomic E-state index is -3.93. The number of halogens is 1. The van der Waals surface area contributed by atoms with Gasteiger partial charge in [0.2, 0.25) is 0 Å². The fourth-order valence-corrected chi connectivity index (χ4v) is 1.92. The van der Waals surface area contributed by atoms with Crippen molar-refractivity contribution in [1.82, 2.24) is 10.0 Å². The Morgan fingerprint density at radius 3 is 2.38 bits per heavy atom. The average molecular weight is 246 g/mol. The van der Waals surface area contributed by atoms with Crippen LogP contribution in [0.2, 0.25) is 0 Å². The number of carbonyl (C=O) groups excluding carboxylic acids is 1. The maximum atomic E-state index is 12.6. The summed E-state index contributed by atoms with van der Waals surface area (Å²) in [6.45, 7) is 1.97. The first-order chi connectivity index (χ1) is 7.45. The number of hydrogen-bond acceptors (Lipinski definition) is 3. The van der Waals surface area contributed by atoms with Crippen molar-refractivity contribution in [3.8, 4) is 0 Å². The first kappa shape index (κ1) is 12.4. The highest BCUT2D eigenvalue weighted by molar-refractivity contribution is 7.90. The molecular formula is C9H11FN2O3S. The third-order valence-corrected chi connectivity index (χ3v) is 3.04. The molecule has 88 valence electrons. The summed E-state index contributed by atoms with van der Waals surface area (Å²) in [4.78, 5) is 10.9. The number of urea groups is 1. The van der Waals surface area contributed by atoms with Crippen molar-refractivity contribution >= 4 is 16.1 Å². The van der Waals surface area contributed by atoms with Crippen molar-refractivity contribution in [1.29, 1.82) is 0 Å². The average Bonchev–Trinajstić information content (AvgIpc) is 2.17. The molecule has 0 fully saturated rings. The van der Waals surface area contributed by atoms with Crippen LogP contribution in [0.1, 0.15) is 6.92 Å². The molecule has 1 rings (SSSR count). The van der Waals surface area contributed by atoms with E-state index in [1.54, 1.807) is 11.6 Å². The van der Waals surface area contributed by atoms with Crippen molar-refractivity contribution in [3.05, 3.63) is 30.1 Å². The summed E-state index contributed by atoms with van der Waals surface area (Å²) >= 11 is 0. The molecule has 0 heterocycles. The predicted molar refractivity (Wildman–Crippen MR) is 55.8 cm³/mol. The second-order valence-electron chi connectivity index (χ2n) is 2.92. The van der Waals surface area contributed by atoms with Gasteiger partial charge in [0.25, 0.3) is 10.0 Å². The lowest BCUT2D eigenvalue weighted by Gasteiger charge is -2.06. The molecule has 0 saturated heterocycles. The topological polar surface area (TPSA) is 75.3 Å². The van der Waals surface area contributed by atoms with Crippen molar-refractivity contribution in [2.75, 3.05) is 6.54 Å². The van der Waals surface area contributed by atoms with E-state index in [0.29, 0.717) is 6.54 Å². The largest absolute Gasteiger partial charge is 0.338 e. The molecule has 0 saturated carbocycles. The van der Waals surface area contributed by atoms with Gasteiger partial charge < -0.3 is 5.32 Å². The molecule has 0 aliphatic carbocycles. The molecule has 0 aromatic heterocycles. The number of hydrogen-bond donors (Lipinski definition) is 2. The molecular weight excluding hydrogens is 235 g/mol. The van der Waals surface area contributed by atoms with Crippen LogP contribution in [0.5, 0.6) is 0 Å². The molecule has 1 aromatic carbocycles. The fourth-order valence-electron chi connectivity index (χ4n) is 0.991. The summed E-state index contributed by atoms with van der Waals surface area (Å²) in [7, 11) is -3.93. The molecule has 5 nitrogen and oxygen atoms in total. The van der Waals surface area contributed by atoms with E-state index in [2.05, 4.69) is 5.32 Å². The van der Waals surface area contributed by atoms with E-state index >= 15 is 0 Å². The zero-order chi connectivity index (χ0) is 12.2.